The van der Waals surface area contributed by atoms with E-state index in [-0.39, 0.29) is 17.8 Å². The van der Waals surface area contributed by atoms with Gasteiger partial charge >= 0.3 is 6.03 Å². The van der Waals surface area contributed by atoms with E-state index in [0.29, 0.717) is 24.3 Å². The molecule has 1 unspecified atom stereocenters. The lowest BCUT2D eigenvalue weighted by molar-refractivity contribution is -0.127. The predicted octanol–water partition coefficient (Wildman–Crippen LogP) is 2.10. The number of urea groups is 1. The zero-order valence-corrected chi connectivity index (χ0v) is 16.7. The minimum Gasteiger partial charge on any atom is -0.368 e. The third-order valence-electron chi connectivity index (χ3n) is 5.31. The molecule has 28 heavy (non-hydrogen) atoms. The summed E-state index contributed by atoms with van der Waals surface area (Å²) in [6.07, 6.45) is 2.45. The molecule has 0 spiro atoms. The maximum Gasteiger partial charge on any atom is 0.319 e. The summed E-state index contributed by atoms with van der Waals surface area (Å²) in [6.45, 7) is 6.60. The lowest BCUT2D eigenvalue weighted by Gasteiger charge is -2.24. The minimum absolute atomic E-state index is 0.131. The molecule has 154 valence electrons. The summed E-state index contributed by atoms with van der Waals surface area (Å²) in [5.74, 6) is -0.204. The van der Waals surface area contributed by atoms with Gasteiger partial charge in [0.25, 0.3) is 0 Å². The largest absolute Gasteiger partial charge is 0.368 e. The van der Waals surface area contributed by atoms with Crippen LogP contribution in [-0.2, 0) is 4.79 Å². The first-order valence-corrected chi connectivity index (χ1v) is 10.0. The second-order valence-electron chi connectivity index (χ2n) is 7.75. The molecule has 8 heteroatoms. The molecule has 2 fully saturated rings. The molecule has 1 aromatic carbocycles. The third-order valence-corrected chi connectivity index (χ3v) is 5.31. The third kappa shape index (κ3) is 5.34. The number of rotatable bonds is 5. The number of amides is 3. The fraction of sp³-hybridized carbons (Fsp3) is 0.600. The highest BCUT2D eigenvalue weighted by atomic mass is 19.1. The Morgan fingerprint density at radius 3 is 2.71 bits per heavy atom. The van der Waals surface area contributed by atoms with Crippen molar-refractivity contribution in [2.75, 3.05) is 56.5 Å². The van der Waals surface area contributed by atoms with Crippen molar-refractivity contribution in [2.24, 2.45) is 0 Å². The zero-order chi connectivity index (χ0) is 20.1. The van der Waals surface area contributed by atoms with Crippen molar-refractivity contribution in [3.8, 4) is 0 Å². The van der Waals surface area contributed by atoms with Crippen LogP contribution in [-0.4, -0.2) is 74.1 Å². The molecular weight excluding hydrogens is 361 g/mol. The fourth-order valence-corrected chi connectivity index (χ4v) is 3.79. The number of carbonyl (C=O) groups excluding carboxylic acids is 2. The summed E-state index contributed by atoms with van der Waals surface area (Å²) >= 11 is 0. The molecule has 2 aliphatic rings. The van der Waals surface area contributed by atoms with Crippen LogP contribution in [0, 0.1) is 5.82 Å². The molecule has 2 heterocycles. The number of nitrogens with one attached hydrogen (secondary N) is 2. The van der Waals surface area contributed by atoms with Gasteiger partial charge in [-0.1, -0.05) is 0 Å². The second-order valence-corrected chi connectivity index (χ2v) is 7.75. The highest BCUT2D eigenvalue weighted by Crippen LogP contribution is 2.24. The van der Waals surface area contributed by atoms with Crippen molar-refractivity contribution in [1.29, 1.82) is 0 Å². The highest BCUT2D eigenvalue weighted by Gasteiger charge is 2.22. The van der Waals surface area contributed by atoms with E-state index < -0.39 is 6.03 Å². The molecule has 2 N–H and O–H groups in total. The van der Waals surface area contributed by atoms with Gasteiger partial charge in [0.2, 0.25) is 5.91 Å². The normalized spacial score (nSPS) is 19.5. The van der Waals surface area contributed by atoms with Crippen LogP contribution in [0.25, 0.3) is 0 Å². The number of hydrogen-bond donors (Lipinski definition) is 2. The molecule has 2 saturated heterocycles. The van der Waals surface area contributed by atoms with Crippen molar-refractivity contribution in [1.82, 2.24) is 15.1 Å². The van der Waals surface area contributed by atoms with Gasteiger partial charge in [0.15, 0.2) is 0 Å². The van der Waals surface area contributed by atoms with Gasteiger partial charge < -0.3 is 25.3 Å². The van der Waals surface area contributed by atoms with Gasteiger partial charge in [0, 0.05) is 50.9 Å². The number of likely N-dealkylation sites (N-methyl/N-ethyl adjacent to an activating group) is 1. The molecule has 0 bridgehead atoms. The standard InChI is InChI=1S/C20H30FN5O2/c1-15(14-26-9-3-5-19(26)27)22-20(28)23-16-6-7-18(17(21)13-16)25-10-4-8-24(2)11-12-25/h6-7,13,15H,3-5,8-12,14H2,1-2H3,(H2,22,23,28). The van der Waals surface area contributed by atoms with Gasteiger partial charge in [-0.15, -0.1) is 0 Å². The Morgan fingerprint density at radius 1 is 1.18 bits per heavy atom. The topological polar surface area (TPSA) is 67.9 Å². The Hall–Kier alpha value is -2.35. The van der Waals surface area contributed by atoms with Gasteiger partial charge in [0.1, 0.15) is 5.82 Å². The van der Waals surface area contributed by atoms with Gasteiger partial charge in [-0.3, -0.25) is 4.79 Å². The monoisotopic (exact) mass is 391 g/mol. The Labute approximate surface area is 165 Å². The van der Waals surface area contributed by atoms with Crippen molar-refractivity contribution in [2.45, 2.75) is 32.2 Å². The molecule has 3 amide bonds. The van der Waals surface area contributed by atoms with Crippen LogP contribution in [0.15, 0.2) is 18.2 Å². The van der Waals surface area contributed by atoms with Crippen LogP contribution in [0.4, 0.5) is 20.6 Å². The Bertz CT molecular complexity index is 714. The van der Waals surface area contributed by atoms with Crippen LogP contribution in [0.2, 0.25) is 0 Å². The van der Waals surface area contributed by atoms with Crippen LogP contribution in [0.5, 0.6) is 0 Å². The van der Waals surface area contributed by atoms with Crippen molar-refractivity contribution in [3.63, 3.8) is 0 Å². The van der Waals surface area contributed by atoms with Gasteiger partial charge in [-0.25, -0.2) is 9.18 Å². The fourth-order valence-electron chi connectivity index (χ4n) is 3.79. The molecule has 0 radical (unpaired) electrons. The van der Waals surface area contributed by atoms with E-state index >= 15 is 0 Å². The molecule has 7 nitrogen and oxygen atoms in total. The van der Waals surface area contributed by atoms with E-state index in [1.54, 1.807) is 17.0 Å². The minimum atomic E-state index is -0.400. The first-order valence-electron chi connectivity index (χ1n) is 10.0. The molecule has 2 aliphatic heterocycles. The van der Waals surface area contributed by atoms with E-state index in [1.165, 1.54) is 6.07 Å². The zero-order valence-electron chi connectivity index (χ0n) is 16.7. The lowest BCUT2D eigenvalue weighted by Crippen LogP contribution is -2.44. The summed E-state index contributed by atoms with van der Waals surface area (Å²) in [5, 5.41) is 5.48. The van der Waals surface area contributed by atoms with Gasteiger partial charge in [0.05, 0.1) is 5.69 Å². The number of carbonyl (C=O) groups is 2. The highest BCUT2D eigenvalue weighted by molar-refractivity contribution is 5.89. The summed E-state index contributed by atoms with van der Waals surface area (Å²) in [4.78, 5) is 29.9. The lowest BCUT2D eigenvalue weighted by atomic mass is 10.2. The van der Waals surface area contributed by atoms with Crippen LogP contribution in [0.1, 0.15) is 26.2 Å². The molecule has 1 atom stereocenters. The number of nitrogens with zero attached hydrogens (tertiary/aromatic N) is 3. The smallest absolute Gasteiger partial charge is 0.319 e. The molecule has 0 saturated carbocycles. The summed E-state index contributed by atoms with van der Waals surface area (Å²) in [7, 11) is 2.08. The number of halogens is 1. The number of benzene rings is 1. The van der Waals surface area contributed by atoms with Crippen LogP contribution in [0.3, 0.4) is 0 Å². The van der Waals surface area contributed by atoms with E-state index in [9.17, 15) is 14.0 Å². The second kappa shape index (κ2) is 9.23. The van der Waals surface area contributed by atoms with E-state index in [2.05, 4.69) is 27.5 Å². The summed E-state index contributed by atoms with van der Waals surface area (Å²) < 4.78 is 14.6. The first kappa shape index (κ1) is 20.4. The number of likely N-dealkylation sites (tertiary alicyclic amines) is 1. The summed E-state index contributed by atoms with van der Waals surface area (Å²) in [5.41, 5.74) is 0.984. The predicted molar refractivity (Wildman–Crippen MR) is 108 cm³/mol. The number of anilines is 2. The molecule has 0 aliphatic carbocycles. The van der Waals surface area contributed by atoms with Crippen LogP contribution < -0.4 is 15.5 Å². The van der Waals surface area contributed by atoms with Gasteiger partial charge in [-0.2, -0.15) is 0 Å². The SMILES string of the molecule is CC(CN1CCCC1=O)NC(=O)Nc1ccc(N2CCCN(C)CC2)c(F)c1. The first-order chi connectivity index (χ1) is 13.4. The van der Waals surface area contributed by atoms with Gasteiger partial charge in [-0.05, 0) is 51.6 Å². The Kier molecular flexibility index (Phi) is 6.72. The average molecular weight is 391 g/mol. The van der Waals surface area contributed by atoms with E-state index in [1.807, 2.05) is 6.92 Å². The van der Waals surface area contributed by atoms with Crippen molar-refractivity contribution >= 4 is 23.3 Å². The molecule has 1 aromatic rings. The molecule has 3 rings (SSSR count). The van der Waals surface area contributed by atoms with Crippen molar-refractivity contribution in [3.05, 3.63) is 24.0 Å². The van der Waals surface area contributed by atoms with E-state index in [0.717, 1.165) is 45.6 Å². The number of hydrogen-bond acceptors (Lipinski definition) is 4. The van der Waals surface area contributed by atoms with Crippen LogP contribution >= 0.6 is 0 Å². The van der Waals surface area contributed by atoms with Crippen molar-refractivity contribution < 1.29 is 14.0 Å². The maximum atomic E-state index is 14.6. The molecular formula is C20H30FN5O2. The maximum absolute atomic E-state index is 14.6. The quantitative estimate of drug-likeness (QED) is 0.807. The Morgan fingerprint density at radius 2 is 2.00 bits per heavy atom. The average Bonchev–Trinajstić information content (AvgIpc) is 2.90. The van der Waals surface area contributed by atoms with E-state index in [4.69, 9.17) is 0 Å². The summed E-state index contributed by atoms with van der Waals surface area (Å²) in [6, 6.07) is 4.23. The molecule has 0 aromatic heterocycles. The Balaban J connectivity index is 1.53.